The van der Waals surface area contributed by atoms with E-state index in [0.29, 0.717) is 0 Å². The van der Waals surface area contributed by atoms with E-state index in [9.17, 15) is 22.4 Å². The van der Waals surface area contributed by atoms with Gasteiger partial charge in [-0.3, -0.25) is 9.59 Å². The van der Waals surface area contributed by atoms with E-state index in [1.807, 2.05) is 0 Å². The lowest BCUT2D eigenvalue weighted by Gasteiger charge is -2.16. The van der Waals surface area contributed by atoms with Gasteiger partial charge in [-0.05, 0) is 24.3 Å². The number of esters is 1. The highest BCUT2D eigenvalue weighted by molar-refractivity contribution is 7.89. The highest BCUT2D eigenvalue weighted by atomic mass is 32.2. The number of amides is 1. The summed E-state index contributed by atoms with van der Waals surface area (Å²) in [6.45, 7) is -1.16. The molecule has 0 aromatic heterocycles. The van der Waals surface area contributed by atoms with Gasteiger partial charge in [-0.2, -0.15) is 4.31 Å². The van der Waals surface area contributed by atoms with Gasteiger partial charge in [-0.25, -0.2) is 12.8 Å². The Labute approximate surface area is 133 Å². The number of carbonyl (C=O) groups is 2. The van der Waals surface area contributed by atoms with E-state index in [1.165, 1.54) is 7.05 Å². The lowest BCUT2D eigenvalue weighted by Crippen LogP contribution is -2.35. The van der Waals surface area contributed by atoms with Crippen molar-refractivity contribution in [2.24, 2.45) is 0 Å². The summed E-state index contributed by atoms with van der Waals surface area (Å²) in [5.41, 5.74) is 0. The van der Waals surface area contributed by atoms with E-state index in [0.717, 1.165) is 28.6 Å². The maximum Gasteiger partial charge on any atom is 0.321 e. The number of nitrogens with zero attached hydrogens (tertiary/aromatic N) is 1. The molecule has 0 atom stereocenters. The number of carbonyl (C=O) groups excluding carboxylic acids is 2. The number of nitrogens with one attached hydrogen (secondary N) is 1. The molecule has 0 unspecified atom stereocenters. The van der Waals surface area contributed by atoms with E-state index >= 15 is 0 Å². The van der Waals surface area contributed by atoms with Gasteiger partial charge in [0.2, 0.25) is 10.0 Å². The molecule has 0 aliphatic rings. The molecule has 0 saturated carbocycles. The van der Waals surface area contributed by atoms with Gasteiger partial charge >= 0.3 is 5.97 Å². The molecule has 0 fully saturated rings. The summed E-state index contributed by atoms with van der Waals surface area (Å²) in [5.74, 6) is 0.0890. The van der Waals surface area contributed by atoms with Crippen LogP contribution in [-0.4, -0.2) is 51.3 Å². The van der Waals surface area contributed by atoms with Crippen LogP contribution < -0.4 is 5.32 Å². The van der Waals surface area contributed by atoms with Crippen molar-refractivity contribution in [2.75, 3.05) is 26.7 Å². The van der Waals surface area contributed by atoms with Gasteiger partial charge in [0.05, 0.1) is 11.4 Å². The molecule has 0 bridgehead atoms. The van der Waals surface area contributed by atoms with Gasteiger partial charge in [-0.1, -0.05) is 5.92 Å². The van der Waals surface area contributed by atoms with E-state index in [-0.39, 0.29) is 11.4 Å². The number of halogens is 1. The standard InChI is InChI=1S/C14H15FN2O5S/c1-3-8-16-13(18)10-22-14(19)9-17(2)23(20,21)12-6-4-11(15)5-7-12/h1,4-7H,8-10H2,2H3,(H,16,18). The topological polar surface area (TPSA) is 92.8 Å². The summed E-state index contributed by atoms with van der Waals surface area (Å²) >= 11 is 0. The van der Waals surface area contributed by atoms with E-state index < -0.39 is 40.9 Å². The summed E-state index contributed by atoms with van der Waals surface area (Å²) in [6, 6.07) is 4.16. The quantitative estimate of drug-likeness (QED) is 0.544. The maximum atomic E-state index is 12.8. The summed E-state index contributed by atoms with van der Waals surface area (Å²) < 4.78 is 42.5. The van der Waals surface area contributed by atoms with Crippen LogP contribution in [0.15, 0.2) is 29.2 Å². The molecule has 9 heteroatoms. The largest absolute Gasteiger partial charge is 0.455 e. The number of rotatable bonds is 7. The monoisotopic (exact) mass is 342 g/mol. The second-order valence-corrected chi connectivity index (χ2v) is 6.40. The van der Waals surface area contributed by atoms with Gasteiger partial charge in [0.15, 0.2) is 6.61 Å². The molecule has 124 valence electrons. The molecule has 0 aliphatic carbocycles. The van der Waals surface area contributed by atoms with Crippen molar-refractivity contribution < 1.29 is 27.1 Å². The van der Waals surface area contributed by atoms with Crippen LogP contribution in [0, 0.1) is 18.2 Å². The molecule has 1 aromatic rings. The van der Waals surface area contributed by atoms with Gasteiger partial charge < -0.3 is 10.1 Å². The number of benzene rings is 1. The molecule has 0 saturated heterocycles. The van der Waals surface area contributed by atoms with Gasteiger partial charge in [0.25, 0.3) is 5.91 Å². The fraction of sp³-hybridized carbons (Fsp3) is 0.286. The molecule has 23 heavy (non-hydrogen) atoms. The second-order valence-electron chi connectivity index (χ2n) is 4.36. The Morgan fingerprint density at radius 3 is 2.52 bits per heavy atom. The summed E-state index contributed by atoms with van der Waals surface area (Å²) in [5, 5.41) is 2.28. The number of terminal acetylenes is 1. The Morgan fingerprint density at radius 2 is 1.96 bits per heavy atom. The first-order valence-corrected chi connectivity index (χ1v) is 7.79. The van der Waals surface area contributed by atoms with Crippen molar-refractivity contribution in [3.05, 3.63) is 30.1 Å². The molecule has 0 radical (unpaired) electrons. The predicted octanol–water partition coefficient (Wildman–Crippen LogP) is -0.261. The Kier molecular flexibility index (Phi) is 6.68. The van der Waals surface area contributed by atoms with Crippen molar-refractivity contribution in [3.63, 3.8) is 0 Å². The van der Waals surface area contributed by atoms with Crippen LogP contribution in [0.5, 0.6) is 0 Å². The third-order valence-corrected chi connectivity index (χ3v) is 4.44. The van der Waals surface area contributed by atoms with Crippen LogP contribution >= 0.6 is 0 Å². The summed E-state index contributed by atoms with van der Waals surface area (Å²) in [4.78, 5) is 22.6. The third-order valence-electron chi connectivity index (χ3n) is 2.63. The van der Waals surface area contributed by atoms with Crippen LogP contribution in [-0.2, 0) is 24.3 Å². The number of sulfonamides is 1. The van der Waals surface area contributed by atoms with Crippen LogP contribution in [0.2, 0.25) is 0 Å². The minimum atomic E-state index is -3.96. The van der Waals surface area contributed by atoms with E-state index in [1.54, 1.807) is 0 Å². The first kappa shape index (κ1) is 18.6. The Balaban J connectivity index is 2.59. The summed E-state index contributed by atoms with van der Waals surface area (Å²) in [7, 11) is -2.80. The first-order valence-electron chi connectivity index (χ1n) is 6.35. The lowest BCUT2D eigenvalue weighted by atomic mass is 10.4. The molecular formula is C14H15FN2O5S. The fourth-order valence-corrected chi connectivity index (χ4v) is 2.56. The Hall–Kier alpha value is -2.44. The zero-order valence-corrected chi connectivity index (χ0v) is 13.1. The molecule has 1 N–H and O–H groups in total. The summed E-state index contributed by atoms with van der Waals surface area (Å²) in [6.07, 6.45) is 4.94. The van der Waals surface area contributed by atoms with E-state index in [2.05, 4.69) is 16.0 Å². The zero-order valence-electron chi connectivity index (χ0n) is 12.3. The van der Waals surface area contributed by atoms with Crippen LogP contribution in [0.25, 0.3) is 0 Å². The molecular weight excluding hydrogens is 327 g/mol. The highest BCUT2D eigenvalue weighted by Gasteiger charge is 2.23. The lowest BCUT2D eigenvalue weighted by molar-refractivity contribution is -0.148. The number of likely N-dealkylation sites (N-methyl/N-ethyl adjacent to an activating group) is 1. The van der Waals surface area contributed by atoms with Gasteiger partial charge in [-0.15, -0.1) is 6.42 Å². The molecule has 0 aliphatic heterocycles. The predicted molar refractivity (Wildman–Crippen MR) is 79.0 cm³/mol. The second kappa shape index (κ2) is 8.26. The molecule has 0 heterocycles. The highest BCUT2D eigenvalue weighted by Crippen LogP contribution is 2.14. The molecule has 7 nitrogen and oxygen atoms in total. The SMILES string of the molecule is C#CCNC(=O)COC(=O)CN(C)S(=O)(=O)c1ccc(F)cc1. The van der Waals surface area contributed by atoms with Crippen molar-refractivity contribution in [1.29, 1.82) is 0 Å². The van der Waals surface area contributed by atoms with Crippen molar-refractivity contribution in [2.45, 2.75) is 4.90 Å². The normalized spacial score (nSPS) is 10.9. The first-order chi connectivity index (χ1) is 10.8. The Bertz CT molecular complexity index is 710. The molecule has 1 aromatic carbocycles. The average Bonchev–Trinajstić information content (AvgIpc) is 2.51. The van der Waals surface area contributed by atoms with Crippen molar-refractivity contribution >= 4 is 21.9 Å². The van der Waals surface area contributed by atoms with Crippen molar-refractivity contribution in [1.82, 2.24) is 9.62 Å². The van der Waals surface area contributed by atoms with Crippen molar-refractivity contribution in [3.8, 4) is 12.3 Å². The van der Waals surface area contributed by atoms with Gasteiger partial charge in [0, 0.05) is 7.05 Å². The van der Waals surface area contributed by atoms with Crippen LogP contribution in [0.4, 0.5) is 4.39 Å². The minimum Gasteiger partial charge on any atom is -0.455 e. The maximum absolute atomic E-state index is 12.8. The molecule has 0 spiro atoms. The molecule has 1 amide bonds. The minimum absolute atomic E-state index is 0.00473. The molecule has 1 rings (SSSR count). The Morgan fingerprint density at radius 1 is 1.35 bits per heavy atom. The number of ether oxygens (including phenoxy) is 1. The van der Waals surface area contributed by atoms with Crippen LogP contribution in [0.1, 0.15) is 0 Å². The van der Waals surface area contributed by atoms with E-state index in [4.69, 9.17) is 6.42 Å². The average molecular weight is 342 g/mol. The zero-order chi connectivity index (χ0) is 17.5. The fourth-order valence-electron chi connectivity index (χ4n) is 1.45. The van der Waals surface area contributed by atoms with Gasteiger partial charge in [0.1, 0.15) is 12.4 Å². The number of hydrogen-bond donors (Lipinski definition) is 1. The third kappa shape index (κ3) is 5.69. The van der Waals surface area contributed by atoms with Crippen LogP contribution in [0.3, 0.4) is 0 Å². The smallest absolute Gasteiger partial charge is 0.321 e. The number of hydrogen-bond acceptors (Lipinski definition) is 5.